The molecular formula is C16H15ClN2O4. The highest BCUT2D eigenvalue weighted by molar-refractivity contribution is 6.30. The fourth-order valence-corrected chi connectivity index (χ4v) is 1.87. The van der Waals surface area contributed by atoms with Gasteiger partial charge in [0.2, 0.25) is 5.91 Å². The first-order valence-electron chi connectivity index (χ1n) is 6.77. The molecule has 3 N–H and O–H groups in total. The van der Waals surface area contributed by atoms with Crippen LogP contribution in [0.1, 0.15) is 0 Å². The lowest BCUT2D eigenvalue weighted by molar-refractivity contribution is -0.125. The Hall–Kier alpha value is -2.73. The molecule has 0 fully saturated rings. The lowest BCUT2D eigenvalue weighted by atomic mass is 10.3. The number of benzene rings is 2. The number of phenolic OH excluding ortho intramolecular Hbond substituents is 1. The van der Waals surface area contributed by atoms with Crippen molar-refractivity contribution >= 4 is 29.1 Å². The Bertz CT molecular complexity index is 692. The quantitative estimate of drug-likeness (QED) is 0.707. The molecular weight excluding hydrogens is 320 g/mol. The van der Waals surface area contributed by atoms with Crippen molar-refractivity contribution in [2.75, 3.05) is 18.5 Å². The number of rotatable bonds is 6. The molecule has 120 valence electrons. The monoisotopic (exact) mass is 334 g/mol. The van der Waals surface area contributed by atoms with Crippen LogP contribution in [0.15, 0.2) is 48.5 Å². The zero-order valence-corrected chi connectivity index (χ0v) is 12.8. The standard InChI is InChI=1S/C16H15ClN2O4/c17-11-6-7-13(14(20)8-11)19-15(21)9-18-16(22)10-23-12-4-2-1-3-5-12/h1-8,20H,9-10H2,(H,18,22)(H,19,21). The number of anilines is 1. The molecule has 2 amide bonds. The number of nitrogens with one attached hydrogen (secondary N) is 2. The highest BCUT2D eigenvalue weighted by Crippen LogP contribution is 2.26. The molecule has 0 spiro atoms. The minimum atomic E-state index is -0.476. The van der Waals surface area contributed by atoms with Crippen molar-refractivity contribution in [2.45, 2.75) is 0 Å². The maximum atomic E-state index is 11.7. The third kappa shape index (κ3) is 5.52. The molecule has 2 aromatic carbocycles. The molecule has 0 atom stereocenters. The maximum absolute atomic E-state index is 11.7. The Labute approximate surface area is 138 Å². The van der Waals surface area contributed by atoms with Gasteiger partial charge in [0.1, 0.15) is 11.5 Å². The van der Waals surface area contributed by atoms with Crippen LogP contribution in [0.2, 0.25) is 5.02 Å². The van der Waals surface area contributed by atoms with E-state index in [2.05, 4.69) is 10.6 Å². The van der Waals surface area contributed by atoms with Gasteiger partial charge in [-0.25, -0.2) is 0 Å². The Morgan fingerprint density at radius 3 is 2.52 bits per heavy atom. The van der Waals surface area contributed by atoms with Gasteiger partial charge in [-0.05, 0) is 24.3 Å². The van der Waals surface area contributed by atoms with Crippen molar-refractivity contribution in [1.82, 2.24) is 5.32 Å². The van der Waals surface area contributed by atoms with Crippen molar-refractivity contribution in [2.24, 2.45) is 0 Å². The Morgan fingerprint density at radius 2 is 1.83 bits per heavy atom. The maximum Gasteiger partial charge on any atom is 0.258 e. The number of aromatic hydroxyl groups is 1. The fourth-order valence-electron chi connectivity index (χ4n) is 1.70. The Morgan fingerprint density at radius 1 is 1.09 bits per heavy atom. The third-order valence-electron chi connectivity index (χ3n) is 2.79. The third-order valence-corrected chi connectivity index (χ3v) is 3.03. The van der Waals surface area contributed by atoms with Crippen LogP contribution >= 0.6 is 11.6 Å². The first kappa shape index (κ1) is 16.6. The van der Waals surface area contributed by atoms with Crippen molar-refractivity contribution in [1.29, 1.82) is 0 Å². The van der Waals surface area contributed by atoms with Crippen LogP contribution in [-0.2, 0) is 9.59 Å². The van der Waals surface area contributed by atoms with Gasteiger partial charge >= 0.3 is 0 Å². The predicted molar refractivity (Wildman–Crippen MR) is 86.7 cm³/mol. The molecule has 2 aromatic rings. The van der Waals surface area contributed by atoms with E-state index in [9.17, 15) is 14.7 Å². The van der Waals surface area contributed by atoms with Gasteiger partial charge in [0.05, 0.1) is 12.2 Å². The lowest BCUT2D eigenvalue weighted by Crippen LogP contribution is -2.35. The molecule has 0 unspecified atom stereocenters. The summed E-state index contributed by atoms with van der Waals surface area (Å²) >= 11 is 5.70. The first-order valence-corrected chi connectivity index (χ1v) is 7.15. The highest BCUT2D eigenvalue weighted by atomic mass is 35.5. The Kier molecular flexibility index (Phi) is 5.82. The van der Waals surface area contributed by atoms with E-state index in [1.165, 1.54) is 18.2 Å². The van der Waals surface area contributed by atoms with Gasteiger partial charge in [-0.1, -0.05) is 29.8 Å². The van der Waals surface area contributed by atoms with Crippen molar-refractivity contribution in [3.8, 4) is 11.5 Å². The van der Waals surface area contributed by atoms with Crippen LogP contribution in [0.25, 0.3) is 0 Å². The second-order valence-electron chi connectivity index (χ2n) is 4.59. The minimum absolute atomic E-state index is 0.149. The zero-order chi connectivity index (χ0) is 16.7. The molecule has 0 bridgehead atoms. The van der Waals surface area contributed by atoms with Gasteiger partial charge in [-0.3, -0.25) is 9.59 Å². The largest absolute Gasteiger partial charge is 0.506 e. The van der Waals surface area contributed by atoms with Crippen molar-refractivity contribution in [3.05, 3.63) is 53.6 Å². The second kappa shape index (κ2) is 8.05. The second-order valence-corrected chi connectivity index (χ2v) is 5.02. The van der Waals surface area contributed by atoms with Gasteiger partial charge in [0, 0.05) is 11.1 Å². The van der Waals surface area contributed by atoms with E-state index in [0.717, 1.165) is 0 Å². The lowest BCUT2D eigenvalue weighted by Gasteiger charge is -2.09. The van der Waals surface area contributed by atoms with Crippen LogP contribution in [0.3, 0.4) is 0 Å². The number of ether oxygens (including phenoxy) is 1. The van der Waals surface area contributed by atoms with E-state index in [-0.39, 0.29) is 24.6 Å². The molecule has 2 rings (SSSR count). The number of phenols is 1. The number of para-hydroxylation sites is 1. The summed E-state index contributed by atoms with van der Waals surface area (Å²) < 4.78 is 5.25. The van der Waals surface area contributed by atoms with E-state index in [1.54, 1.807) is 24.3 Å². The van der Waals surface area contributed by atoms with Crippen LogP contribution in [0, 0.1) is 0 Å². The molecule has 6 nitrogen and oxygen atoms in total. The van der Waals surface area contributed by atoms with Gasteiger partial charge in [0.15, 0.2) is 6.61 Å². The average molecular weight is 335 g/mol. The number of amides is 2. The molecule has 0 aliphatic carbocycles. The van der Waals surface area contributed by atoms with Gasteiger partial charge in [-0.2, -0.15) is 0 Å². The Balaban J connectivity index is 1.74. The first-order chi connectivity index (χ1) is 11.0. The number of hydrogen-bond acceptors (Lipinski definition) is 4. The molecule has 0 heterocycles. The minimum Gasteiger partial charge on any atom is -0.506 e. The van der Waals surface area contributed by atoms with Crippen LogP contribution in [0.5, 0.6) is 11.5 Å². The molecule has 23 heavy (non-hydrogen) atoms. The van der Waals surface area contributed by atoms with E-state index >= 15 is 0 Å². The topological polar surface area (TPSA) is 87.7 Å². The van der Waals surface area contributed by atoms with Crippen molar-refractivity contribution in [3.63, 3.8) is 0 Å². The van der Waals surface area contributed by atoms with Gasteiger partial charge in [-0.15, -0.1) is 0 Å². The van der Waals surface area contributed by atoms with Gasteiger partial charge < -0.3 is 20.5 Å². The summed E-state index contributed by atoms with van der Waals surface area (Å²) in [7, 11) is 0. The number of carbonyl (C=O) groups is 2. The summed E-state index contributed by atoms with van der Waals surface area (Å²) in [4.78, 5) is 23.3. The van der Waals surface area contributed by atoms with Crippen LogP contribution in [-0.4, -0.2) is 30.1 Å². The predicted octanol–water partition coefficient (Wildman–Crippen LogP) is 2.18. The summed E-state index contributed by atoms with van der Waals surface area (Å²) in [5, 5.41) is 14.9. The summed E-state index contributed by atoms with van der Waals surface area (Å²) in [6.45, 7) is -0.428. The summed E-state index contributed by atoms with van der Waals surface area (Å²) in [6.07, 6.45) is 0. The van der Waals surface area contributed by atoms with E-state index in [4.69, 9.17) is 16.3 Å². The molecule has 0 radical (unpaired) electrons. The molecule has 0 saturated carbocycles. The summed E-state index contributed by atoms with van der Waals surface area (Å²) in [5.41, 5.74) is 0.217. The summed E-state index contributed by atoms with van der Waals surface area (Å²) in [5.74, 6) is -0.484. The van der Waals surface area contributed by atoms with E-state index in [0.29, 0.717) is 10.8 Å². The molecule has 0 aliphatic rings. The van der Waals surface area contributed by atoms with Crippen molar-refractivity contribution < 1.29 is 19.4 Å². The smallest absolute Gasteiger partial charge is 0.258 e. The number of carbonyl (C=O) groups excluding carboxylic acids is 2. The molecule has 7 heteroatoms. The summed E-state index contributed by atoms with van der Waals surface area (Å²) in [6, 6.07) is 13.2. The van der Waals surface area contributed by atoms with Gasteiger partial charge in [0.25, 0.3) is 5.91 Å². The number of halogens is 1. The normalized spacial score (nSPS) is 9.96. The average Bonchev–Trinajstić information content (AvgIpc) is 2.54. The number of hydrogen-bond donors (Lipinski definition) is 3. The SMILES string of the molecule is O=C(COc1ccccc1)NCC(=O)Nc1ccc(Cl)cc1O. The molecule has 0 aromatic heterocycles. The highest BCUT2D eigenvalue weighted by Gasteiger charge is 2.09. The fraction of sp³-hybridized carbons (Fsp3) is 0.125. The van der Waals surface area contributed by atoms with E-state index < -0.39 is 11.8 Å². The van der Waals surface area contributed by atoms with E-state index in [1.807, 2.05) is 6.07 Å². The van der Waals surface area contributed by atoms with Crippen LogP contribution in [0.4, 0.5) is 5.69 Å². The zero-order valence-electron chi connectivity index (χ0n) is 12.1. The molecule has 0 saturated heterocycles. The van der Waals surface area contributed by atoms with Crippen LogP contribution < -0.4 is 15.4 Å². The molecule has 0 aliphatic heterocycles.